The first-order chi connectivity index (χ1) is 7.60. The molecule has 0 aliphatic carbocycles. The van der Waals surface area contributed by atoms with E-state index in [0.717, 1.165) is 18.6 Å². The highest BCUT2D eigenvalue weighted by atomic mass is 32.2. The maximum Gasteiger partial charge on any atom is 0.178 e. The molecule has 0 radical (unpaired) electrons. The van der Waals surface area contributed by atoms with Crippen molar-refractivity contribution in [3.8, 4) is 5.75 Å². The quantitative estimate of drug-likeness (QED) is 0.720. The van der Waals surface area contributed by atoms with Gasteiger partial charge in [0.25, 0.3) is 0 Å². The lowest BCUT2D eigenvalue weighted by Crippen LogP contribution is -2.03. The molecule has 0 spiro atoms. The van der Waals surface area contributed by atoms with Crippen molar-refractivity contribution in [2.24, 2.45) is 0 Å². The number of sulfone groups is 1. The molecule has 1 rings (SSSR count). The standard InChI is InChI=1S/C12H18O3S/c1-3-5-10-15-11-6-8-12(9-7-11)16(13,14)4-2/h6-9H,3-5,10H2,1-2H3. The van der Waals surface area contributed by atoms with Crippen molar-refractivity contribution in [2.45, 2.75) is 31.6 Å². The summed E-state index contributed by atoms with van der Waals surface area (Å²) in [5.74, 6) is 0.853. The summed E-state index contributed by atoms with van der Waals surface area (Å²) in [7, 11) is -3.10. The molecule has 1 aromatic carbocycles. The van der Waals surface area contributed by atoms with Gasteiger partial charge in [0, 0.05) is 0 Å². The molecule has 0 saturated carbocycles. The third kappa shape index (κ3) is 3.52. The van der Waals surface area contributed by atoms with Crippen molar-refractivity contribution in [1.29, 1.82) is 0 Å². The maximum absolute atomic E-state index is 11.5. The van der Waals surface area contributed by atoms with Crippen LogP contribution in [0.25, 0.3) is 0 Å². The van der Waals surface area contributed by atoms with Crippen LogP contribution in [-0.2, 0) is 9.84 Å². The number of hydrogen-bond donors (Lipinski definition) is 0. The summed E-state index contributed by atoms with van der Waals surface area (Å²) in [5, 5.41) is 0. The molecular formula is C12H18O3S. The lowest BCUT2D eigenvalue weighted by atomic mass is 10.3. The molecule has 0 bridgehead atoms. The normalized spacial score (nSPS) is 11.4. The average molecular weight is 242 g/mol. The number of unbranched alkanes of at least 4 members (excludes halogenated alkanes) is 1. The van der Waals surface area contributed by atoms with Crippen LogP contribution in [0.5, 0.6) is 5.75 Å². The molecule has 0 atom stereocenters. The van der Waals surface area contributed by atoms with Crippen LogP contribution in [0.1, 0.15) is 26.7 Å². The second-order valence-corrected chi connectivity index (χ2v) is 5.86. The third-order valence-electron chi connectivity index (χ3n) is 2.33. The average Bonchev–Trinajstić information content (AvgIpc) is 2.30. The molecule has 0 heterocycles. The van der Waals surface area contributed by atoms with Crippen LogP contribution in [0.3, 0.4) is 0 Å². The first kappa shape index (κ1) is 13.0. The summed E-state index contributed by atoms with van der Waals surface area (Å²) in [6, 6.07) is 6.61. The Kier molecular flexibility index (Phi) is 4.80. The van der Waals surface area contributed by atoms with E-state index in [1.807, 2.05) is 0 Å². The van der Waals surface area contributed by atoms with Crippen molar-refractivity contribution in [3.05, 3.63) is 24.3 Å². The SMILES string of the molecule is CCCCOc1ccc(S(=O)(=O)CC)cc1. The molecule has 0 aromatic heterocycles. The maximum atomic E-state index is 11.5. The molecule has 0 aliphatic heterocycles. The predicted molar refractivity (Wildman–Crippen MR) is 64.6 cm³/mol. The van der Waals surface area contributed by atoms with Crippen LogP contribution in [0, 0.1) is 0 Å². The Balaban J connectivity index is 2.68. The van der Waals surface area contributed by atoms with Crippen molar-refractivity contribution in [1.82, 2.24) is 0 Å². The largest absolute Gasteiger partial charge is 0.494 e. The molecule has 0 saturated heterocycles. The van der Waals surface area contributed by atoms with E-state index in [2.05, 4.69) is 6.92 Å². The van der Waals surface area contributed by atoms with Gasteiger partial charge >= 0.3 is 0 Å². The molecular weight excluding hydrogens is 224 g/mol. The van der Waals surface area contributed by atoms with Gasteiger partial charge in [0.1, 0.15) is 5.75 Å². The second-order valence-electron chi connectivity index (χ2n) is 3.58. The van der Waals surface area contributed by atoms with Crippen molar-refractivity contribution in [2.75, 3.05) is 12.4 Å². The molecule has 4 heteroatoms. The van der Waals surface area contributed by atoms with Crippen LogP contribution >= 0.6 is 0 Å². The Labute approximate surface area is 97.4 Å². The summed E-state index contributed by atoms with van der Waals surface area (Å²) in [5.41, 5.74) is 0. The first-order valence-electron chi connectivity index (χ1n) is 5.55. The highest BCUT2D eigenvalue weighted by molar-refractivity contribution is 7.91. The number of hydrogen-bond acceptors (Lipinski definition) is 3. The van der Waals surface area contributed by atoms with Gasteiger partial charge in [-0.25, -0.2) is 8.42 Å². The second kappa shape index (κ2) is 5.89. The van der Waals surface area contributed by atoms with Gasteiger partial charge in [0.05, 0.1) is 17.3 Å². The molecule has 0 aliphatic rings. The van der Waals surface area contributed by atoms with E-state index in [1.54, 1.807) is 31.2 Å². The number of rotatable bonds is 6. The Bertz CT molecular complexity index is 406. The lowest BCUT2D eigenvalue weighted by molar-refractivity contribution is 0.309. The summed E-state index contributed by atoms with van der Waals surface area (Å²) in [6.45, 7) is 4.41. The summed E-state index contributed by atoms with van der Waals surface area (Å²) in [4.78, 5) is 0.359. The molecule has 90 valence electrons. The van der Waals surface area contributed by atoms with E-state index in [4.69, 9.17) is 4.74 Å². The Hall–Kier alpha value is -1.03. The van der Waals surface area contributed by atoms with Crippen LogP contribution in [-0.4, -0.2) is 20.8 Å². The minimum absolute atomic E-state index is 0.128. The van der Waals surface area contributed by atoms with E-state index in [0.29, 0.717) is 11.5 Å². The molecule has 0 amide bonds. The van der Waals surface area contributed by atoms with E-state index < -0.39 is 9.84 Å². The molecule has 0 fully saturated rings. The smallest absolute Gasteiger partial charge is 0.178 e. The van der Waals surface area contributed by atoms with Gasteiger partial charge in [-0.2, -0.15) is 0 Å². The summed E-state index contributed by atoms with van der Waals surface area (Å²) >= 11 is 0. The van der Waals surface area contributed by atoms with Gasteiger partial charge in [0.15, 0.2) is 9.84 Å². The summed E-state index contributed by atoms with van der Waals surface area (Å²) in [6.07, 6.45) is 2.09. The number of benzene rings is 1. The molecule has 0 N–H and O–H groups in total. The first-order valence-corrected chi connectivity index (χ1v) is 7.21. The van der Waals surface area contributed by atoms with E-state index >= 15 is 0 Å². The fourth-order valence-corrected chi connectivity index (χ4v) is 2.13. The Morgan fingerprint density at radius 1 is 1.12 bits per heavy atom. The van der Waals surface area contributed by atoms with E-state index in [1.165, 1.54) is 0 Å². The Morgan fingerprint density at radius 3 is 2.25 bits per heavy atom. The van der Waals surface area contributed by atoms with Gasteiger partial charge in [-0.15, -0.1) is 0 Å². The summed E-state index contributed by atoms with van der Waals surface area (Å²) < 4.78 is 28.5. The fourth-order valence-electron chi connectivity index (χ4n) is 1.24. The van der Waals surface area contributed by atoms with Crippen molar-refractivity contribution in [3.63, 3.8) is 0 Å². The monoisotopic (exact) mass is 242 g/mol. The zero-order chi connectivity index (χ0) is 12.0. The van der Waals surface area contributed by atoms with Gasteiger partial charge in [0.2, 0.25) is 0 Å². The van der Waals surface area contributed by atoms with Gasteiger partial charge in [-0.3, -0.25) is 0 Å². The zero-order valence-corrected chi connectivity index (χ0v) is 10.6. The molecule has 16 heavy (non-hydrogen) atoms. The highest BCUT2D eigenvalue weighted by Crippen LogP contribution is 2.17. The minimum atomic E-state index is -3.10. The molecule has 3 nitrogen and oxygen atoms in total. The third-order valence-corrected chi connectivity index (χ3v) is 4.08. The van der Waals surface area contributed by atoms with Gasteiger partial charge < -0.3 is 4.74 Å². The molecule has 1 aromatic rings. The number of ether oxygens (including phenoxy) is 1. The van der Waals surface area contributed by atoms with E-state index in [-0.39, 0.29) is 5.75 Å². The highest BCUT2D eigenvalue weighted by Gasteiger charge is 2.10. The zero-order valence-electron chi connectivity index (χ0n) is 9.77. The van der Waals surface area contributed by atoms with Gasteiger partial charge in [-0.05, 0) is 30.7 Å². The topological polar surface area (TPSA) is 43.4 Å². The minimum Gasteiger partial charge on any atom is -0.494 e. The van der Waals surface area contributed by atoms with E-state index in [9.17, 15) is 8.42 Å². The van der Waals surface area contributed by atoms with Crippen LogP contribution in [0.4, 0.5) is 0 Å². The predicted octanol–water partition coefficient (Wildman–Crippen LogP) is 2.66. The Morgan fingerprint density at radius 2 is 1.75 bits per heavy atom. The van der Waals surface area contributed by atoms with Crippen LogP contribution < -0.4 is 4.74 Å². The fraction of sp³-hybridized carbons (Fsp3) is 0.500. The van der Waals surface area contributed by atoms with Crippen LogP contribution in [0.2, 0.25) is 0 Å². The van der Waals surface area contributed by atoms with Gasteiger partial charge in [-0.1, -0.05) is 20.3 Å². The van der Waals surface area contributed by atoms with Crippen molar-refractivity contribution >= 4 is 9.84 Å². The van der Waals surface area contributed by atoms with Crippen molar-refractivity contribution < 1.29 is 13.2 Å². The lowest BCUT2D eigenvalue weighted by Gasteiger charge is -2.06. The molecule has 0 unspecified atom stereocenters. The van der Waals surface area contributed by atoms with Crippen LogP contribution in [0.15, 0.2) is 29.2 Å².